The van der Waals surface area contributed by atoms with Crippen LogP contribution in [0, 0.1) is 0 Å². The first-order chi connectivity index (χ1) is 21.1. The van der Waals surface area contributed by atoms with Crippen molar-refractivity contribution in [3.05, 3.63) is 125 Å². The van der Waals surface area contributed by atoms with Gasteiger partial charge in [0.05, 0.1) is 18.2 Å². The minimum Gasteiger partial charge on any atom is -0.741 e. The molecule has 5 aromatic rings. The molecule has 224 valence electrons. The number of pyridine rings is 1. The molecule has 1 aromatic heterocycles. The van der Waals surface area contributed by atoms with Crippen LogP contribution in [0.15, 0.2) is 103 Å². The van der Waals surface area contributed by atoms with Crippen molar-refractivity contribution < 1.29 is 35.4 Å². The van der Waals surface area contributed by atoms with Gasteiger partial charge in [0.15, 0.2) is 10.1 Å². The lowest BCUT2D eigenvalue weighted by Gasteiger charge is -2.28. The van der Waals surface area contributed by atoms with E-state index in [0.29, 0.717) is 0 Å². The molecule has 0 saturated heterocycles. The van der Waals surface area contributed by atoms with E-state index >= 15 is 0 Å². The van der Waals surface area contributed by atoms with Crippen molar-refractivity contribution in [2.24, 2.45) is 0 Å². The number of methoxy groups -OCH3 is 1. The average Bonchev–Trinajstić information content (AvgIpc) is 3.03. The number of hydrogen-bond donors (Lipinski definition) is 0. The predicted molar refractivity (Wildman–Crippen MR) is 161 cm³/mol. The Hall–Kier alpha value is -4.47. The average molecular weight is 616 g/mol. The molecule has 9 heteroatoms. The Morgan fingerprint density at radius 2 is 1.14 bits per heavy atom. The Bertz CT molecular complexity index is 1880. The molecule has 0 radical (unpaired) electrons. The molecule has 0 amide bonds. The summed E-state index contributed by atoms with van der Waals surface area (Å²) in [7, 11) is -4.36. The van der Waals surface area contributed by atoms with Gasteiger partial charge < -0.3 is 9.29 Å². The summed E-state index contributed by atoms with van der Waals surface area (Å²) in [5, 5.41) is 0. The minimum absolute atomic E-state index is 0.879. The van der Waals surface area contributed by atoms with Crippen LogP contribution in [-0.4, -0.2) is 25.6 Å². The van der Waals surface area contributed by atoms with Crippen LogP contribution in [0.1, 0.15) is 22.3 Å². The lowest BCUT2D eigenvalue weighted by Crippen LogP contribution is -2.41. The predicted octanol–water partition coefficient (Wildman–Crippen LogP) is 7.22. The maximum atomic E-state index is 10.7. The van der Waals surface area contributed by atoms with E-state index in [4.69, 9.17) is 17.7 Å². The molecule has 0 fully saturated rings. The normalized spacial score (nSPS) is 13.4. The lowest BCUT2D eigenvalue weighted by atomic mass is 9.77. The number of alkyl halides is 3. The Morgan fingerprint density at radius 1 is 0.682 bits per heavy atom. The Kier molecular flexibility index (Phi) is 7.77. The van der Waals surface area contributed by atoms with E-state index in [1.807, 2.05) is 0 Å². The second kappa shape index (κ2) is 11.6. The molecule has 0 aliphatic heterocycles. The molecular weight excluding hydrogens is 587 g/mol. The van der Waals surface area contributed by atoms with Crippen LogP contribution in [0.2, 0.25) is 0 Å². The van der Waals surface area contributed by atoms with E-state index < -0.39 is 15.6 Å². The van der Waals surface area contributed by atoms with Crippen molar-refractivity contribution >= 4 is 10.1 Å². The second-order valence-corrected chi connectivity index (χ2v) is 12.0. The van der Waals surface area contributed by atoms with Gasteiger partial charge in [-0.15, -0.1) is 0 Å². The quantitative estimate of drug-likeness (QED) is 0.122. The molecule has 44 heavy (non-hydrogen) atoms. The molecule has 0 spiro atoms. The Labute approximate surface area is 254 Å². The molecule has 7 rings (SSSR count). The standard InChI is InChI=1S/C34H28NO.CHF3O3S/c1-36-27-19-17-26(18-20-27)35-33-28-13-7-5-9-23(28)15-21-30(33)32(25-11-3-2-4-12-25)31-22-16-24-10-6-8-14-29(24)34(31)35;2-1(3,4)8(5,6)7/h2-14,17-20H,15-16,21-22H2,1H3;(H,5,6,7)/q+1;/p-1. The third-order valence-electron chi connectivity index (χ3n) is 8.13. The second-order valence-electron chi connectivity index (χ2n) is 10.6. The number of halogens is 3. The molecule has 1 heterocycles. The van der Waals surface area contributed by atoms with Crippen molar-refractivity contribution in [1.82, 2.24) is 0 Å². The summed E-state index contributed by atoms with van der Waals surface area (Å²) in [4.78, 5) is 0. The number of nitrogens with zero attached hydrogens (tertiary/aromatic N) is 1. The van der Waals surface area contributed by atoms with E-state index in [0.717, 1.165) is 31.4 Å². The number of aryl methyl sites for hydroxylation is 2. The molecule has 2 aliphatic carbocycles. The van der Waals surface area contributed by atoms with Crippen molar-refractivity contribution in [2.45, 2.75) is 31.2 Å². The Morgan fingerprint density at radius 3 is 1.59 bits per heavy atom. The summed E-state index contributed by atoms with van der Waals surface area (Å²) in [6, 6.07) is 37.5. The van der Waals surface area contributed by atoms with E-state index in [1.165, 1.54) is 61.6 Å². The molecular formula is C35H28F3NO4S. The molecule has 0 N–H and O–H groups in total. The van der Waals surface area contributed by atoms with E-state index in [1.54, 1.807) is 7.11 Å². The topological polar surface area (TPSA) is 70.3 Å². The van der Waals surface area contributed by atoms with E-state index in [-0.39, 0.29) is 0 Å². The third-order valence-corrected chi connectivity index (χ3v) is 8.70. The highest BCUT2D eigenvalue weighted by atomic mass is 32.2. The first-order valence-electron chi connectivity index (χ1n) is 14.1. The smallest absolute Gasteiger partial charge is 0.485 e. The zero-order valence-corrected chi connectivity index (χ0v) is 24.6. The van der Waals surface area contributed by atoms with Crippen LogP contribution in [0.3, 0.4) is 0 Å². The molecule has 0 unspecified atom stereocenters. The summed E-state index contributed by atoms with van der Waals surface area (Å²) in [6.07, 6.45) is 4.23. The van der Waals surface area contributed by atoms with E-state index in [2.05, 4.69) is 108 Å². The van der Waals surface area contributed by atoms with Crippen LogP contribution in [0.4, 0.5) is 13.2 Å². The van der Waals surface area contributed by atoms with Gasteiger partial charge in [-0.25, -0.2) is 8.42 Å². The fourth-order valence-corrected chi connectivity index (χ4v) is 6.25. The van der Waals surface area contributed by atoms with Crippen LogP contribution in [0.5, 0.6) is 5.75 Å². The summed E-state index contributed by atoms with van der Waals surface area (Å²) >= 11 is 0. The van der Waals surface area contributed by atoms with E-state index in [9.17, 15) is 13.2 Å². The highest BCUT2D eigenvalue weighted by Gasteiger charge is 2.39. The number of aromatic nitrogens is 1. The number of rotatable bonds is 3. The SMILES string of the molecule is COc1ccc(-[n+]2c3c(c(-c4ccccc4)c4c2-c2ccccc2CC4)CCc2ccccc2-3)cc1.O=S(=O)([O-])C(F)(F)F. The molecule has 0 saturated carbocycles. The maximum absolute atomic E-state index is 10.7. The van der Waals surface area contributed by atoms with Crippen molar-refractivity contribution in [2.75, 3.05) is 7.11 Å². The minimum atomic E-state index is -6.09. The molecule has 0 bridgehead atoms. The largest absolute Gasteiger partial charge is 0.741 e. The molecule has 5 nitrogen and oxygen atoms in total. The van der Waals surface area contributed by atoms with Crippen molar-refractivity contribution in [3.8, 4) is 45.1 Å². The van der Waals surface area contributed by atoms with Gasteiger partial charge in [-0.1, -0.05) is 66.7 Å². The lowest BCUT2D eigenvalue weighted by molar-refractivity contribution is -0.573. The first-order valence-corrected chi connectivity index (χ1v) is 15.5. The number of fused-ring (bicyclic) bond motifs is 6. The summed E-state index contributed by atoms with van der Waals surface area (Å²) in [5.74, 6) is 0.879. The highest BCUT2D eigenvalue weighted by Crippen LogP contribution is 2.45. The van der Waals surface area contributed by atoms with Crippen LogP contribution < -0.4 is 9.30 Å². The summed E-state index contributed by atoms with van der Waals surface area (Å²) in [5.41, 5.74) is 9.43. The molecule has 4 aromatic carbocycles. The zero-order chi connectivity index (χ0) is 31.1. The monoisotopic (exact) mass is 615 g/mol. The fraction of sp³-hybridized carbons (Fsp3) is 0.171. The van der Waals surface area contributed by atoms with Crippen molar-refractivity contribution in [1.29, 1.82) is 0 Å². The van der Waals surface area contributed by atoms with Gasteiger partial charge >= 0.3 is 5.51 Å². The molecule has 2 aliphatic rings. The van der Waals surface area contributed by atoms with Crippen LogP contribution >= 0.6 is 0 Å². The first kappa shape index (κ1) is 29.6. The van der Waals surface area contributed by atoms with Gasteiger partial charge in [0, 0.05) is 28.8 Å². The number of ether oxygens (including phenoxy) is 1. The number of benzene rings is 4. The van der Waals surface area contributed by atoms with Crippen LogP contribution in [0.25, 0.3) is 39.3 Å². The maximum Gasteiger partial charge on any atom is 0.485 e. The van der Waals surface area contributed by atoms with Crippen LogP contribution in [-0.2, 0) is 35.8 Å². The van der Waals surface area contributed by atoms with Crippen molar-refractivity contribution in [3.63, 3.8) is 0 Å². The summed E-state index contributed by atoms with van der Waals surface area (Å²) < 4.78 is 67.0. The highest BCUT2D eigenvalue weighted by molar-refractivity contribution is 7.86. The third kappa shape index (κ3) is 5.37. The number of hydrogen-bond acceptors (Lipinski definition) is 4. The Balaban J connectivity index is 0.000000381. The summed E-state index contributed by atoms with van der Waals surface area (Å²) in [6.45, 7) is 0. The van der Waals surface area contributed by atoms with Gasteiger partial charge in [-0.2, -0.15) is 17.7 Å². The van der Waals surface area contributed by atoms with Gasteiger partial charge in [0.1, 0.15) is 5.75 Å². The van der Waals surface area contributed by atoms with Gasteiger partial charge in [0.25, 0.3) is 0 Å². The zero-order valence-electron chi connectivity index (χ0n) is 23.8. The molecule has 0 atom stereocenters. The fourth-order valence-electron chi connectivity index (χ4n) is 6.25. The van der Waals surface area contributed by atoms with Gasteiger partial charge in [-0.3, -0.25) is 0 Å². The van der Waals surface area contributed by atoms with Gasteiger partial charge in [-0.05, 0) is 66.6 Å². The van der Waals surface area contributed by atoms with Gasteiger partial charge in [0.2, 0.25) is 17.1 Å².